The first-order valence-electron chi connectivity index (χ1n) is 25.2. The molecule has 6 fully saturated rings. The SMILES string of the molecule is CC(C)(C)OC(=O)N1C(=[NH+]C(CCN2CCN(C(=O)CN3CCC(OC4CCN(C(=O)[C@H](N)C5CCCCC5)CC4)CC3)CC2)c2ccc(Cl)cc2)C12CCN(c1ncnc3[nH]ccc13)CC2. The fourth-order valence-electron chi connectivity index (χ4n) is 11.3. The number of amidine groups is 1. The number of aromatic amines is 1. The summed E-state index contributed by atoms with van der Waals surface area (Å²) in [4.78, 5) is 69.6. The van der Waals surface area contributed by atoms with Gasteiger partial charge in [0.25, 0.3) is 0 Å². The molecule has 2 atom stereocenters. The van der Waals surface area contributed by atoms with E-state index in [0.717, 1.165) is 145 Å². The summed E-state index contributed by atoms with van der Waals surface area (Å²) in [6, 6.07) is 9.57. The average molecular weight is 944 g/mol. The number of rotatable bonds is 12. The molecule has 3 amide bonds. The van der Waals surface area contributed by atoms with Gasteiger partial charge in [-0.05, 0) is 89.0 Å². The van der Waals surface area contributed by atoms with Crippen LogP contribution in [0.5, 0.6) is 0 Å². The zero-order chi connectivity index (χ0) is 46.7. The highest BCUT2D eigenvalue weighted by molar-refractivity contribution is 6.30. The summed E-state index contributed by atoms with van der Waals surface area (Å²) in [6.45, 7) is 14.6. The summed E-state index contributed by atoms with van der Waals surface area (Å²) in [5, 5.41) is 1.67. The standard InChI is InChI=1S/C50H72ClN11O5/c1-49(2,3)67-48(65)62-47(50(62)19-27-60(28-20-50)45-40-13-21-53-44(40)54-34-55-45)56-41(35-9-11-37(51)12-10-35)18-24-57-29-31-59(32-30-57)42(63)33-58-22-14-38(15-23-58)66-39-16-25-61(26-17-39)46(64)43(52)36-7-5-4-6-8-36/h9-13,21,34,36,38-39,41,43H,4-8,14-20,22-33,52H2,1-3H3,(H,53,54,55)/p+1/t41?,43-,62?/m1/s1. The summed E-state index contributed by atoms with van der Waals surface area (Å²) < 4.78 is 12.6. The normalized spacial score (nSPS) is 23.3. The average Bonchev–Trinajstić information content (AvgIpc) is 3.64. The van der Waals surface area contributed by atoms with Gasteiger partial charge in [0.1, 0.15) is 29.4 Å². The fourth-order valence-corrected chi connectivity index (χ4v) is 11.5. The molecule has 16 nitrogen and oxygen atoms in total. The number of carbonyl (C=O) groups excluding carboxylic acids is 3. The van der Waals surface area contributed by atoms with Gasteiger partial charge in [-0.15, -0.1) is 4.90 Å². The van der Waals surface area contributed by atoms with Crippen LogP contribution in [0.1, 0.15) is 109 Å². The number of hydrogen-bond donors (Lipinski definition) is 3. The molecule has 1 spiro atoms. The maximum absolute atomic E-state index is 13.9. The lowest BCUT2D eigenvalue weighted by molar-refractivity contribution is -0.511. The highest BCUT2D eigenvalue weighted by Gasteiger charge is 2.74. The summed E-state index contributed by atoms with van der Waals surface area (Å²) in [7, 11) is 0. The van der Waals surface area contributed by atoms with Crippen LogP contribution in [0.4, 0.5) is 10.6 Å². The minimum Gasteiger partial charge on any atom is -0.425 e. The maximum atomic E-state index is 13.9. The zero-order valence-electron chi connectivity index (χ0n) is 40.0. The Labute approximate surface area is 400 Å². The van der Waals surface area contributed by atoms with Crippen LogP contribution in [0, 0.1) is 5.92 Å². The number of likely N-dealkylation sites (tertiary alicyclic amines) is 2. The Kier molecular flexibility index (Phi) is 14.7. The Morgan fingerprint density at radius 1 is 0.836 bits per heavy atom. The van der Waals surface area contributed by atoms with Crippen molar-refractivity contribution in [3.63, 3.8) is 0 Å². The third kappa shape index (κ3) is 11.2. The smallest absolute Gasteiger partial charge is 0.425 e. The van der Waals surface area contributed by atoms with Gasteiger partial charge in [0.2, 0.25) is 17.4 Å². The van der Waals surface area contributed by atoms with Gasteiger partial charge in [-0.25, -0.2) is 9.97 Å². The van der Waals surface area contributed by atoms with Crippen molar-refractivity contribution >= 4 is 52.2 Å². The minimum absolute atomic E-state index is 0.0746. The van der Waals surface area contributed by atoms with Gasteiger partial charge in [-0.3, -0.25) is 24.4 Å². The van der Waals surface area contributed by atoms with Gasteiger partial charge in [-0.2, -0.15) is 4.79 Å². The predicted molar refractivity (Wildman–Crippen MR) is 259 cm³/mol. The number of piperazine rings is 1. The van der Waals surface area contributed by atoms with Crippen LogP contribution in [0.15, 0.2) is 42.9 Å². The predicted octanol–water partition coefficient (Wildman–Crippen LogP) is 4.34. The lowest BCUT2D eigenvalue weighted by Gasteiger charge is -2.39. The Bertz CT molecular complexity index is 2190. The first-order chi connectivity index (χ1) is 32.3. The molecule has 5 aliphatic heterocycles. The summed E-state index contributed by atoms with van der Waals surface area (Å²) in [5.41, 5.74) is 7.27. The Balaban J connectivity index is 0.749. The third-order valence-corrected chi connectivity index (χ3v) is 15.6. The van der Waals surface area contributed by atoms with Crippen LogP contribution in [0.25, 0.3) is 11.0 Å². The van der Waals surface area contributed by atoms with Crippen molar-refractivity contribution in [2.45, 2.75) is 133 Å². The lowest BCUT2D eigenvalue weighted by atomic mass is 9.83. The summed E-state index contributed by atoms with van der Waals surface area (Å²) in [5.74, 6) is 2.47. The van der Waals surface area contributed by atoms with Crippen molar-refractivity contribution in [2.75, 3.05) is 83.4 Å². The highest BCUT2D eigenvalue weighted by Crippen LogP contribution is 2.45. The third-order valence-electron chi connectivity index (χ3n) is 15.4. The Morgan fingerprint density at radius 2 is 1.51 bits per heavy atom. The Morgan fingerprint density at radius 3 is 2.18 bits per heavy atom. The van der Waals surface area contributed by atoms with E-state index in [-0.39, 0.29) is 42.2 Å². The van der Waals surface area contributed by atoms with E-state index in [1.54, 1.807) is 6.33 Å². The summed E-state index contributed by atoms with van der Waals surface area (Å²) in [6.07, 6.45) is 15.2. The first kappa shape index (κ1) is 47.7. The number of halogens is 1. The number of aromatic nitrogens is 3. The van der Waals surface area contributed by atoms with E-state index in [2.05, 4.69) is 46.8 Å². The molecule has 0 bridgehead atoms. The molecule has 1 saturated carbocycles. The molecule has 7 heterocycles. The monoisotopic (exact) mass is 943 g/mol. The van der Waals surface area contributed by atoms with E-state index < -0.39 is 11.1 Å². The molecule has 2 aromatic heterocycles. The minimum atomic E-state index is -0.634. The molecule has 0 radical (unpaired) electrons. The number of carbonyl (C=O) groups is 3. The van der Waals surface area contributed by atoms with E-state index in [1.807, 2.05) is 59.9 Å². The quantitative estimate of drug-likeness (QED) is 0.221. The fraction of sp³-hybridized carbons (Fsp3) is 0.680. The van der Waals surface area contributed by atoms with E-state index in [9.17, 15) is 14.4 Å². The number of nitrogens with zero attached hydrogens (tertiary/aromatic N) is 8. The number of H-pyrrole nitrogens is 1. The van der Waals surface area contributed by atoms with Crippen LogP contribution >= 0.6 is 11.6 Å². The first-order valence-corrected chi connectivity index (χ1v) is 25.6. The topological polar surface area (TPSA) is 170 Å². The molecule has 1 unspecified atom stereocenters. The molecule has 6 aliphatic rings. The summed E-state index contributed by atoms with van der Waals surface area (Å²) >= 11 is 6.38. The molecule has 5 saturated heterocycles. The van der Waals surface area contributed by atoms with Crippen LogP contribution in [0.2, 0.25) is 5.02 Å². The van der Waals surface area contributed by atoms with Crippen LogP contribution < -0.4 is 15.6 Å². The van der Waals surface area contributed by atoms with Crippen molar-refractivity contribution in [3.05, 3.63) is 53.4 Å². The molecule has 3 aromatic rings. The molecular formula is C50H73ClN11O5+. The molecule has 17 heteroatoms. The van der Waals surface area contributed by atoms with Crippen LogP contribution in [-0.4, -0.2) is 171 Å². The number of piperidine rings is 3. The largest absolute Gasteiger partial charge is 0.508 e. The van der Waals surface area contributed by atoms with Crippen molar-refractivity contribution in [2.24, 2.45) is 11.7 Å². The molecule has 9 rings (SSSR count). The van der Waals surface area contributed by atoms with Gasteiger partial charge in [0, 0.05) is 102 Å². The highest BCUT2D eigenvalue weighted by atomic mass is 35.5. The molecule has 4 N–H and O–H groups in total. The number of benzene rings is 1. The van der Waals surface area contributed by atoms with Crippen molar-refractivity contribution in [3.8, 4) is 0 Å². The van der Waals surface area contributed by atoms with Crippen LogP contribution in [0.3, 0.4) is 0 Å². The van der Waals surface area contributed by atoms with E-state index >= 15 is 0 Å². The van der Waals surface area contributed by atoms with Crippen molar-refractivity contribution in [1.82, 2.24) is 39.5 Å². The van der Waals surface area contributed by atoms with Gasteiger partial charge < -0.3 is 34.9 Å². The molecule has 1 aliphatic carbocycles. The maximum Gasteiger partial charge on any atom is 0.508 e. The van der Waals surface area contributed by atoms with E-state index in [1.165, 1.54) is 19.3 Å². The van der Waals surface area contributed by atoms with Gasteiger partial charge in [0.05, 0.1) is 30.2 Å². The number of hydrogen-bond acceptors (Lipinski definition) is 11. The van der Waals surface area contributed by atoms with E-state index in [0.29, 0.717) is 30.6 Å². The van der Waals surface area contributed by atoms with Crippen LogP contribution in [-0.2, 0) is 19.1 Å². The zero-order valence-corrected chi connectivity index (χ0v) is 40.7. The van der Waals surface area contributed by atoms with Crippen molar-refractivity contribution in [1.29, 1.82) is 0 Å². The second kappa shape index (κ2) is 20.7. The molecule has 364 valence electrons. The van der Waals surface area contributed by atoms with Gasteiger partial charge in [-0.1, -0.05) is 43.0 Å². The van der Waals surface area contributed by atoms with E-state index in [4.69, 9.17) is 26.8 Å². The second-order valence-corrected chi connectivity index (χ2v) is 21.4. The molecule has 67 heavy (non-hydrogen) atoms. The second-order valence-electron chi connectivity index (χ2n) is 20.9. The van der Waals surface area contributed by atoms with Gasteiger partial charge >= 0.3 is 11.9 Å². The molecular weight excluding hydrogens is 870 g/mol. The Hall–Kier alpha value is -4.35. The number of fused-ring (bicyclic) bond motifs is 1. The number of anilines is 1. The number of amides is 3. The van der Waals surface area contributed by atoms with Gasteiger partial charge in [0.15, 0.2) is 0 Å². The number of nitrogens with one attached hydrogen (secondary N) is 2. The molecule has 1 aromatic carbocycles. The number of nitrogens with two attached hydrogens (primary N) is 1. The lowest BCUT2D eigenvalue weighted by Crippen LogP contribution is -2.74. The number of ether oxygens (including phenoxy) is 2. The van der Waals surface area contributed by atoms with Crippen molar-refractivity contribution < 1.29 is 28.8 Å².